The Morgan fingerprint density at radius 3 is 2.54 bits per heavy atom. The Morgan fingerprint density at radius 1 is 1.14 bits per heavy atom. The number of hydrogen-bond donors (Lipinski definition) is 1. The van der Waals surface area contributed by atoms with Crippen molar-refractivity contribution in [3.05, 3.63) is 59.7 Å². The number of halogens is 2. The molecule has 7 heteroatoms. The Bertz CT molecular complexity index is 791. The zero-order chi connectivity index (χ0) is 20.4. The SMILES string of the molecule is CCCOc1ccc(CNC(=O)/C=C/c2ccc(OC(F)F)cc2)cc1OC. The molecule has 0 bridgehead atoms. The lowest BCUT2D eigenvalue weighted by Gasteiger charge is -2.11. The second kappa shape index (κ2) is 10.9. The highest BCUT2D eigenvalue weighted by Gasteiger charge is 2.06. The number of alkyl halides is 2. The maximum Gasteiger partial charge on any atom is 0.387 e. The van der Waals surface area contributed by atoms with Crippen LogP contribution in [-0.2, 0) is 11.3 Å². The number of benzene rings is 2. The Labute approximate surface area is 162 Å². The molecule has 0 aliphatic carbocycles. The van der Waals surface area contributed by atoms with E-state index in [1.54, 1.807) is 25.3 Å². The molecule has 0 atom stereocenters. The maximum absolute atomic E-state index is 12.1. The van der Waals surface area contributed by atoms with Gasteiger partial charge in [-0.05, 0) is 47.9 Å². The number of amides is 1. The monoisotopic (exact) mass is 391 g/mol. The zero-order valence-electron chi connectivity index (χ0n) is 15.8. The van der Waals surface area contributed by atoms with E-state index in [4.69, 9.17) is 9.47 Å². The van der Waals surface area contributed by atoms with Crippen LogP contribution in [0, 0.1) is 0 Å². The molecule has 0 saturated carbocycles. The van der Waals surface area contributed by atoms with Gasteiger partial charge in [-0.2, -0.15) is 8.78 Å². The van der Waals surface area contributed by atoms with Crippen LogP contribution in [0.3, 0.4) is 0 Å². The second-order valence-electron chi connectivity index (χ2n) is 5.83. The molecular formula is C21H23F2NO4. The van der Waals surface area contributed by atoms with E-state index < -0.39 is 6.61 Å². The van der Waals surface area contributed by atoms with Crippen molar-refractivity contribution in [2.24, 2.45) is 0 Å². The number of ether oxygens (including phenoxy) is 3. The molecule has 0 unspecified atom stereocenters. The number of nitrogens with one attached hydrogen (secondary N) is 1. The molecule has 2 aromatic carbocycles. The fourth-order valence-corrected chi connectivity index (χ4v) is 2.33. The van der Waals surface area contributed by atoms with Crippen LogP contribution in [0.25, 0.3) is 6.08 Å². The van der Waals surface area contributed by atoms with Gasteiger partial charge in [0.1, 0.15) is 5.75 Å². The summed E-state index contributed by atoms with van der Waals surface area (Å²) in [6, 6.07) is 11.5. The Hall–Kier alpha value is -3.09. The van der Waals surface area contributed by atoms with Crippen molar-refractivity contribution in [3.63, 3.8) is 0 Å². The van der Waals surface area contributed by atoms with E-state index in [0.717, 1.165) is 12.0 Å². The van der Waals surface area contributed by atoms with E-state index in [1.165, 1.54) is 18.2 Å². The van der Waals surface area contributed by atoms with E-state index in [1.807, 2.05) is 25.1 Å². The minimum Gasteiger partial charge on any atom is -0.493 e. The predicted octanol–water partition coefficient (Wildman–Crippen LogP) is 4.42. The maximum atomic E-state index is 12.1. The van der Waals surface area contributed by atoms with Crippen molar-refractivity contribution in [2.45, 2.75) is 26.5 Å². The molecule has 1 amide bonds. The van der Waals surface area contributed by atoms with E-state index in [-0.39, 0.29) is 11.7 Å². The Morgan fingerprint density at radius 2 is 1.89 bits per heavy atom. The molecular weight excluding hydrogens is 368 g/mol. The minimum atomic E-state index is -2.86. The smallest absolute Gasteiger partial charge is 0.387 e. The summed E-state index contributed by atoms with van der Waals surface area (Å²) in [6.45, 7) is 0.0922. The Kier molecular flexibility index (Phi) is 8.27. The van der Waals surface area contributed by atoms with Crippen LogP contribution in [0.15, 0.2) is 48.5 Å². The van der Waals surface area contributed by atoms with Gasteiger partial charge in [0, 0.05) is 12.6 Å². The summed E-state index contributed by atoms with van der Waals surface area (Å²) in [5, 5.41) is 2.77. The summed E-state index contributed by atoms with van der Waals surface area (Å²) in [7, 11) is 1.57. The highest BCUT2D eigenvalue weighted by molar-refractivity contribution is 5.91. The summed E-state index contributed by atoms with van der Waals surface area (Å²) in [6.07, 6.45) is 3.86. The molecule has 0 saturated heterocycles. The lowest BCUT2D eigenvalue weighted by molar-refractivity contribution is -0.116. The third kappa shape index (κ3) is 6.90. The lowest BCUT2D eigenvalue weighted by atomic mass is 10.2. The lowest BCUT2D eigenvalue weighted by Crippen LogP contribution is -2.20. The van der Waals surface area contributed by atoms with Gasteiger partial charge in [0.15, 0.2) is 11.5 Å². The van der Waals surface area contributed by atoms with Gasteiger partial charge in [-0.3, -0.25) is 4.79 Å². The average molecular weight is 391 g/mol. The van der Waals surface area contributed by atoms with Gasteiger partial charge in [0.05, 0.1) is 13.7 Å². The topological polar surface area (TPSA) is 56.8 Å². The normalized spacial score (nSPS) is 10.9. The summed E-state index contributed by atoms with van der Waals surface area (Å²) in [5.74, 6) is 1.07. The third-order valence-corrected chi connectivity index (χ3v) is 3.69. The zero-order valence-corrected chi connectivity index (χ0v) is 15.8. The molecule has 5 nitrogen and oxygen atoms in total. The molecule has 0 spiro atoms. The average Bonchev–Trinajstić information content (AvgIpc) is 2.70. The Balaban J connectivity index is 1.88. The summed E-state index contributed by atoms with van der Waals surface area (Å²) >= 11 is 0. The van der Waals surface area contributed by atoms with Crippen LogP contribution >= 0.6 is 0 Å². The summed E-state index contributed by atoms with van der Waals surface area (Å²) < 4.78 is 39.4. The van der Waals surface area contributed by atoms with E-state index in [2.05, 4.69) is 10.1 Å². The fourth-order valence-electron chi connectivity index (χ4n) is 2.33. The van der Waals surface area contributed by atoms with Crippen molar-refractivity contribution in [1.82, 2.24) is 5.32 Å². The molecule has 0 aromatic heterocycles. The molecule has 0 aliphatic rings. The molecule has 150 valence electrons. The highest BCUT2D eigenvalue weighted by atomic mass is 19.3. The van der Waals surface area contributed by atoms with Crippen molar-refractivity contribution in [1.29, 1.82) is 0 Å². The van der Waals surface area contributed by atoms with Gasteiger partial charge >= 0.3 is 6.61 Å². The third-order valence-electron chi connectivity index (χ3n) is 3.69. The summed E-state index contributed by atoms with van der Waals surface area (Å²) in [5.41, 5.74) is 1.56. The van der Waals surface area contributed by atoms with Crippen LogP contribution in [0.4, 0.5) is 8.78 Å². The first-order chi connectivity index (χ1) is 13.5. The first-order valence-corrected chi connectivity index (χ1v) is 8.82. The van der Waals surface area contributed by atoms with Gasteiger partial charge in [0.2, 0.25) is 5.91 Å². The predicted molar refractivity (Wildman–Crippen MR) is 103 cm³/mol. The number of carbonyl (C=O) groups is 1. The molecule has 2 aromatic rings. The van der Waals surface area contributed by atoms with Crippen LogP contribution in [0.5, 0.6) is 17.2 Å². The van der Waals surface area contributed by atoms with Crippen molar-refractivity contribution in [2.75, 3.05) is 13.7 Å². The molecule has 0 radical (unpaired) electrons. The van der Waals surface area contributed by atoms with Gasteiger partial charge in [-0.15, -0.1) is 0 Å². The highest BCUT2D eigenvalue weighted by Crippen LogP contribution is 2.28. The molecule has 1 N–H and O–H groups in total. The molecule has 0 aliphatic heterocycles. The number of rotatable bonds is 10. The minimum absolute atomic E-state index is 0.0666. The van der Waals surface area contributed by atoms with Crippen molar-refractivity contribution >= 4 is 12.0 Å². The number of carbonyl (C=O) groups excluding carboxylic acids is 1. The molecule has 0 heterocycles. The van der Waals surface area contributed by atoms with Crippen LogP contribution < -0.4 is 19.5 Å². The molecule has 2 rings (SSSR count). The van der Waals surface area contributed by atoms with Crippen molar-refractivity contribution in [3.8, 4) is 17.2 Å². The van der Waals surface area contributed by atoms with Gasteiger partial charge in [0.25, 0.3) is 0 Å². The largest absolute Gasteiger partial charge is 0.493 e. The first kappa shape index (κ1) is 21.2. The van der Waals surface area contributed by atoms with Gasteiger partial charge in [-0.1, -0.05) is 25.1 Å². The second-order valence-corrected chi connectivity index (χ2v) is 5.83. The first-order valence-electron chi connectivity index (χ1n) is 8.82. The van der Waals surface area contributed by atoms with E-state index >= 15 is 0 Å². The van der Waals surface area contributed by atoms with Gasteiger partial charge in [-0.25, -0.2) is 0 Å². The number of methoxy groups -OCH3 is 1. The van der Waals surface area contributed by atoms with Gasteiger partial charge < -0.3 is 19.5 Å². The molecule has 28 heavy (non-hydrogen) atoms. The fraction of sp³-hybridized carbons (Fsp3) is 0.286. The van der Waals surface area contributed by atoms with E-state index in [0.29, 0.717) is 30.2 Å². The quantitative estimate of drug-likeness (QED) is 0.610. The van der Waals surface area contributed by atoms with E-state index in [9.17, 15) is 13.6 Å². The van der Waals surface area contributed by atoms with Crippen LogP contribution in [0.2, 0.25) is 0 Å². The standard InChI is InChI=1S/C21H23F2NO4/c1-3-12-27-18-10-6-16(13-19(18)26-2)14-24-20(25)11-7-15-4-8-17(9-5-15)28-21(22)23/h4-11,13,21H,3,12,14H2,1-2H3,(H,24,25)/b11-7+. The van der Waals surface area contributed by atoms with Crippen molar-refractivity contribution < 1.29 is 27.8 Å². The summed E-state index contributed by atoms with van der Waals surface area (Å²) in [4.78, 5) is 12.0. The molecule has 0 fully saturated rings. The van der Waals surface area contributed by atoms with Crippen LogP contribution in [-0.4, -0.2) is 26.2 Å². The van der Waals surface area contributed by atoms with Crippen LogP contribution in [0.1, 0.15) is 24.5 Å². The number of hydrogen-bond acceptors (Lipinski definition) is 4.